The zero-order chi connectivity index (χ0) is 9.80. The second kappa shape index (κ2) is 5.13. The first-order valence-corrected chi connectivity index (χ1v) is 6.23. The first-order chi connectivity index (χ1) is 6.84. The van der Waals surface area contributed by atoms with Crippen LogP contribution >= 0.6 is 0 Å². The highest BCUT2D eigenvalue weighted by molar-refractivity contribution is 4.77. The molecule has 14 heavy (non-hydrogen) atoms. The van der Waals surface area contributed by atoms with Gasteiger partial charge in [-0.25, -0.2) is 0 Å². The maximum absolute atomic E-state index is 9.60. The van der Waals surface area contributed by atoms with E-state index in [9.17, 15) is 5.11 Å². The number of aliphatic hydroxyl groups excluding tert-OH is 1. The van der Waals surface area contributed by atoms with Gasteiger partial charge in [0, 0.05) is 0 Å². The quantitative estimate of drug-likeness (QED) is 0.709. The molecule has 1 saturated carbocycles. The van der Waals surface area contributed by atoms with Crippen molar-refractivity contribution < 1.29 is 5.11 Å². The summed E-state index contributed by atoms with van der Waals surface area (Å²) in [5, 5.41) is 13.0. The summed E-state index contributed by atoms with van der Waals surface area (Å²) in [7, 11) is 0. The molecule has 2 fully saturated rings. The highest BCUT2D eigenvalue weighted by atomic mass is 16.3. The highest BCUT2D eigenvalue weighted by Crippen LogP contribution is 2.31. The maximum atomic E-state index is 9.60. The molecule has 1 aliphatic carbocycles. The van der Waals surface area contributed by atoms with Crippen molar-refractivity contribution in [3.05, 3.63) is 0 Å². The van der Waals surface area contributed by atoms with Crippen LogP contribution < -0.4 is 5.32 Å². The fourth-order valence-corrected chi connectivity index (χ4v) is 3.07. The molecule has 0 amide bonds. The van der Waals surface area contributed by atoms with E-state index >= 15 is 0 Å². The van der Waals surface area contributed by atoms with Gasteiger partial charge in [0.25, 0.3) is 0 Å². The Morgan fingerprint density at radius 3 is 2.50 bits per heavy atom. The fraction of sp³-hybridized carbons (Fsp3) is 1.00. The van der Waals surface area contributed by atoms with Crippen molar-refractivity contribution in [2.45, 2.75) is 51.0 Å². The molecule has 0 radical (unpaired) electrons. The summed E-state index contributed by atoms with van der Waals surface area (Å²) < 4.78 is 0. The molecular formula is C12H23NO. The Morgan fingerprint density at radius 1 is 1.00 bits per heavy atom. The lowest BCUT2D eigenvalue weighted by Crippen LogP contribution is -2.30. The monoisotopic (exact) mass is 197 g/mol. The molecule has 0 bridgehead atoms. The van der Waals surface area contributed by atoms with Crippen LogP contribution in [0.25, 0.3) is 0 Å². The van der Waals surface area contributed by atoms with E-state index < -0.39 is 0 Å². The molecule has 1 heterocycles. The minimum atomic E-state index is 0.00969. The minimum absolute atomic E-state index is 0.00969. The van der Waals surface area contributed by atoms with Crippen LogP contribution in [0.5, 0.6) is 0 Å². The van der Waals surface area contributed by atoms with Crippen molar-refractivity contribution in [2.24, 2.45) is 11.8 Å². The van der Waals surface area contributed by atoms with E-state index in [1.165, 1.54) is 45.2 Å². The third kappa shape index (κ3) is 2.96. The summed E-state index contributed by atoms with van der Waals surface area (Å²) in [4.78, 5) is 0. The van der Waals surface area contributed by atoms with Crippen LogP contribution in [0.2, 0.25) is 0 Å². The first kappa shape index (κ1) is 10.4. The molecule has 0 aromatic carbocycles. The van der Waals surface area contributed by atoms with Gasteiger partial charge in [0.15, 0.2) is 0 Å². The summed E-state index contributed by atoms with van der Waals surface area (Å²) in [5.74, 6) is 1.76. The molecule has 0 aromatic heterocycles. The number of piperidine rings is 1. The van der Waals surface area contributed by atoms with E-state index in [0.29, 0.717) is 0 Å². The molecule has 2 nitrogen and oxygen atoms in total. The van der Waals surface area contributed by atoms with Crippen LogP contribution in [0.15, 0.2) is 0 Å². The molecule has 1 saturated heterocycles. The summed E-state index contributed by atoms with van der Waals surface area (Å²) in [6, 6.07) is 0. The number of hydrogen-bond acceptors (Lipinski definition) is 2. The molecule has 1 aliphatic heterocycles. The fourth-order valence-electron chi connectivity index (χ4n) is 3.07. The lowest BCUT2D eigenvalue weighted by atomic mass is 9.79. The van der Waals surface area contributed by atoms with E-state index in [1.807, 2.05) is 0 Å². The van der Waals surface area contributed by atoms with Crippen molar-refractivity contribution in [3.63, 3.8) is 0 Å². The van der Waals surface area contributed by atoms with Gasteiger partial charge < -0.3 is 10.4 Å². The standard InChI is InChI=1S/C12H23NO/c14-12-3-1-2-11(9-12)8-10-4-6-13-7-5-10/h10-14H,1-9H2. The van der Waals surface area contributed by atoms with Gasteiger partial charge in [-0.2, -0.15) is 0 Å². The predicted molar refractivity (Wildman–Crippen MR) is 58.2 cm³/mol. The van der Waals surface area contributed by atoms with Crippen LogP contribution in [0.4, 0.5) is 0 Å². The Hall–Kier alpha value is -0.0800. The molecule has 2 unspecified atom stereocenters. The van der Waals surface area contributed by atoms with Crippen molar-refractivity contribution in [2.75, 3.05) is 13.1 Å². The topological polar surface area (TPSA) is 32.3 Å². The predicted octanol–water partition coefficient (Wildman–Crippen LogP) is 1.93. The zero-order valence-corrected chi connectivity index (χ0v) is 9.04. The Labute approximate surface area is 87.1 Å². The van der Waals surface area contributed by atoms with Gasteiger partial charge in [0.1, 0.15) is 0 Å². The van der Waals surface area contributed by atoms with Gasteiger partial charge in [0.05, 0.1) is 6.10 Å². The average molecular weight is 197 g/mol. The first-order valence-electron chi connectivity index (χ1n) is 6.23. The highest BCUT2D eigenvalue weighted by Gasteiger charge is 2.23. The van der Waals surface area contributed by atoms with Gasteiger partial charge in [0.2, 0.25) is 0 Å². The maximum Gasteiger partial charge on any atom is 0.0542 e. The van der Waals surface area contributed by atoms with E-state index in [4.69, 9.17) is 0 Å². The van der Waals surface area contributed by atoms with Crippen molar-refractivity contribution >= 4 is 0 Å². The second-order valence-corrected chi connectivity index (χ2v) is 5.12. The smallest absolute Gasteiger partial charge is 0.0542 e. The zero-order valence-electron chi connectivity index (χ0n) is 9.04. The average Bonchev–Trinajstić information content (AvgIpc) is 2.19. The van der Waals surface area contributed by atoms with Crippen LogP contribution in [-0.2, 0) is 0 Å². The third-order valence-electron chi connectivity index (χ3n) is 3.88. The molecule has 2 aliphatic rings. The number of nitrogens with one attached hydrogen (secondary N) is 1. The lowest BCUT2D eigenvalue weighted by Gasteiger charge is -2.31. The van der Waals surface area contributed by atoms with Gasteiger partial charge >= 0.3 is 0 Å². The second-order valence-electron chi connectivity index (χ2n) is 5.12. The van der Waals surface area contributed by atoms with Gasteiger partial charge in [-0.1, -0.05) is 12.8 Å². The van der Waals surface area contributed by atoms with E-state index in [0.717, 1.165) is 24.7 Å². The third-order valence-corrected chi connectivity index (χ3v) is 3.88. The van der Waals surface area contributed by atoms with Crippen molar-refractivity contribution in [1.82, 2.24) is 5.32 Å². The molecular weight excluding hydrogens is 174 g/mol. The van der Waals surface area contributed by atoms with Gasteiger partial charge in [-0.15, -0.1) is 0 Å². The van der Waals surface area contributed by atoms with Gasteiger partial charge in [-0.3, -0.25) is 0 Å². The Balaban J connectivity index is 1.72. The van der Waals surface area contributed by atoms with Crippen LogP contribution in [-0.4, -0.2) is 24.3 Å². The molecule has 2 atom stereocenters. The summed E-state index contributed by atoms with van der Waals surface area (Å²) in [6.45, 7) is 2.42. The van der Waals surface area contributed by atoms with E-state index in [2.05, 4.69) is 5.32 Å². The summed E-state index contributed by atoms with van der Waals surface area (Å²) in [5.41, 5.74) is 0. The lowest BCUT2D eigenvalue weighted by molar-refractivity contribution is 0.0897. The summed E-state index contributed by atoms with van der Waals surface area (Å²) in [6.07, 6.45) is 8.82. The van der Waals surface area contributed by atoms with Gasteiger partial charge in [-0.05, 0) is 57.0 Å². The minimum Gasteiger partial charge on any atom is -0.393 e. The number of hydrogen-bond donors (Lipinski definition) is 2. The molecule has 0 aromatic rings. The van der Waals surface area contributed by atoms with E-state index in [1.54, 1.807) is 0 Å². The number of aliphatic hydroxyl groups is 1. The molecule has 82 valence electrons. The Bertz CT molecular complexity index is 166. The Morgan fingerprint density at radius 2 is 1.79 bits per heavy atom. The van der Waals surface area contributed by atoms with Crippen molar-refractivity contribution in [3.8, 4) is 0 Å². The van der Waals surface area contributed by atoms with Crippen molar-refractivity contribution in [1.29, 1.82) is 0 Å². The summed E-state index contributed by atoms with van der Waals surface area (Å²) >= 11 is 0. The molecule has 2 N–H and O–H groups in total. The Kier molecular flexibility index (Phi) is 3.82. The molecule has 2 rings (SSSR count). The van der Waals surface area contributed by atoms with Crippen LogP contribution in [0, 0.1) is 11.8 Å². The SMILES string of the molecule is OC1CCCC(CC2CCNCC2)C1. The molecule has 2 heteroatoms. The molecule has 0 spiro atoms. The largest absolute Gasteiger partial charge is 0.393 e. The van der Waals surface area contributed by atoms with Crippen LogP contribution in [0.3, 0.4) is 0 Å². The van der Waals surface area contributed by atoms with Crippen LogP contribution in [0.1, 0.15) is 44.9 Å². The van der Waals surface area contributed by atoms with E-state index in [-0.39, 0.29) is 6.10 Å². The normalized spacial score (nSPS) is 35.8. The number of rotatable bonds is 2.